The van der Waals surface area contributed by atoms with Crippen molar-refractivity contribution in [3.05, 3.63) is 35.4 Å². The van der Waals surface area contributed by atoms with Crippen molar-refractivity contribution < 1.29 is 14.6 Å². The molecule has 3 heteroatoms. The first-order valence-electron chi connectivity index (χ1n) is 6.60. The van der Waals surface area contributed by atoms with Crippen LogP contribution in [0.4, 0.5) is 0 Å². The minimum absolute atomic E-state index is 0.0648. The van der Waals surface area contributed by atoms with E-state index in [1.54, 1.807) is 0 Å². The third-order valence-corrected chi connectivity index (χ3v) is 2.86. The number of aliphatic carboxylic acids is 1. The number of benzene rings is 1. The summed E-state index contributed by atoms with van der Waals surface area (Å²) in [6, 6.07) is 7.57. The van der Waals surface area contributed by atoms with Crippen molar-refractivity contribution in [3.63, 3.8) is 0 Å². The summed E-state index contributed by atoms with van der Waals surface area (Å²) < 4.78 is 5.60. The Hall–Kier alpha value is -1.35. The molecule has 0 radical (unpaired) electrons. The molecule has 1 aromatic carbocycles. The summed E-state index contributed by atoms with van der Waals surface area (Å²) in [6.07, 6.45) is 4.82. The highest BCUT2D eigenvalue weighted by Crippen LogP contribution is 2.11. The molecule has 0 atom stereocenters. The Morgan fingerprint density at radius 1 is 1.17 bits per heavy atom. The van der Waals surface area contributed by atoms with Gasteiger partial charge in [0, 0.05) is 6.61 Å². The Balaban J connectivity index is 2.34. The van der Waals surface area contributed by atoms with Crippen LogP contribution in [0, 0.1) is 0 Å². The third kappa shape index (κ3) is 5.82. The van der Waals surface area contributed by atoms with Gasteiger partial charge in [-0.1, -0.05) is 50.5 Å². The van der Waals surface area contributed by atoms with Crippen LogP contribution in [-0.2, 0) is 22.6 Å². The zero-order valence-corrected chi connectivity index (χ0v) is 11.0. The van der Waals surface area contributed by atoms with Crippen molar-refractivity contribution in [3.8, 4) is 0 Å². The lowest BCUT2D eigenvalue weighted by Crippen LogP contribution is -2.05. The maximum absolute atomic E-state index is 10.7. The lowest BCUT2D eigenvalue weighted by Gasteiger charge is -2.08. The fraction of sp³-hybridized carbons (Fsp3) is 0.533. The predicted molar refractivity (Wildman–Crippen MR) is 71.6 cm³/mol. The lowest BCUT2D eigenvalue weighted by molar-refractivity contribution is -0.136. The smallest absolute Gasteiger partial charge is 0.307 e. The lowest BCUT2D eigenvalue weighted by atomic mass is 10.1. The Kier molecular flexibility index (Phi) is 7.11. The number of unbranched alkanes of at least 4 members (excludes halogenated alkanes) is 3. The molecule has 100 valence electrons. The van der Waals surface area contributed by atoms with E-state index in [1.807, 2.05) is 24.3 Å². The van der Waals surface area contributed by atoms with Crippen molar-refractivity contribution in [2.45, 2.75) is 45.6 Å². The molecular formula is C15H22O3. The van der Waals surface area contributed by atoms with Crippen LogP contribution in [0.5, 0.6) is 0 Å². The van der Waals surface area contributed by atoms with Crippen molar-refractivity contribution >= 4 is 5.97 Å². The summed E-state index contributed by atoms with van der Waals surface area (Å²) in [4.78, 5) is 10.7. The zero-order valence-electron chi connectivity index (χ0n) is 11.0. The van der Waals surface area contributed by atoms with Gasteiger partial charge in [-0.05, 0) is 17.5 Å². The Bertz CT molecular complexity index is 361. The summed E-state index contributed by atoms with van der Waals surface area (Å²) in [7, 11) is 0. The predicted octanol–water partition coefficient (Wildman–Crippen LogP) is 3.41. The van der Waals surface area contributed by atoms with E-state index in [4.69, 9.17) is 9.84 Å². The molecule has 1 N–H and O–H groups in total. The highest BCUT2D eigenvalue weighted by Gasteiger charge is 2.05. The van der Waals surface area contributed by atoms with Gasteiger partial charge in [0.1, 0.15) is 0 Å². The van der Waals surface area contributed by atoms with Crippen molar-refractivity contribution in [2.24, 2.45) is 0 Å². The zero-order chi connectivity index (χ0) is 13.2. The average molecular weight is 250 g/mol. The van der Waals surface area contributed by atoms with Crippen molar-refractivity contribution in [1.29, 1.82) is 0 Å². The van der Waals surface area contributed by atoms with Crippen LogP contribution in [0.2, 0.25) is 0 Å². The van der Waals surface area contributed by atoms with E-state index in [9.17, 15) is 4.79 Å². The fourth-order valence-corrected chi connectivity index (χ4v) is 1.85. The van der Waals surface area contributed by atoms with Crippen LogP contribution in [0.15, 0.2) is 24.3 Å². The molecule has 3 nitrogen and oxygen atoms in total. The number of rotatable bonds is 9. The summed E-state index contributed by atoms with van der Waals surface area (Å²) >= 11 is 0. The molecule has 0 bridgehead atoms. The molecular weight excluding hydrogens is 228 g/mol. The molecule has 18 heavy (non-hydrogen) atoms. The first-order chi connectivity index (χ1) is 8.74. The number of carbonyl (C=O) groups is 1. The second kappa shape index (κ2) is 8.70. The molecule has 1 aromatic rings. The highest BCUT2D eigenvalue weighted by atomic mass is 16.5. The van der Waals surface area contributed by atoms with E-state index in [2.05, 4.69) is 6.92 Å². The molecule has 0 spiro atoms. The van der Waals surface area contributed by atoms with Gasteiger partial charge in [0.2, 0.25) is 0 Å². The molecule has 0 saturated heterocycles. The molecule has 1 rings (SSSR count). The third-order valence-electron chi connectivity index (χ3n) is 2.86. The molecule has 0 aliphatic carbocycles. The number of hydrogen-bond donors (Lipinski definition) is 1. The summed E-state index contributed by atoms with van der Waals surface area (Å²) in [6.45, 7) is 3.44. The van der Waals surface area contributed by atoms with Gasteiger partial charge in [0.15, 0.2) is 0 Å². The Morgan fingerprint density at radius 2 is 1.89 bits per heavy atom. The first-order valence-corrected chi connectivity index (χ1v) is 6.60. The molecule has 0 amide bonds. The van der Waals surface area contributed by atoms with Crippen LogP contribution in [0.3, 0.4) is 0 Å². The number of hydrogen-bond acceptors (Lipinski definition) is 2. The van der Waals surface area contributed by atoms with Crippen LogP contribution in [0.1, 0.15) is 43.7 Å². The monoisotopic (exact) mass is 250 g/mol. The van der Waals surface area contributed by atoms with Crippen molar-refractivity contribution in [1.82, 2.24) is 0 Å². The van der Waals surface area contributed by atoms with E-state index in [-0.39, 0.29) is 6.42 Å². The van der Waals surface area contributed by atoms with Crippen LogP contribution < -0.4 is 0 Å². The molecule has 0 heterocycles. The fourth-order valence-electron chi connectivity index (χ4n) is 1.85. The average Bonchev–Trinajstić information content (AvgIpc) is 2.35. The summed E-state index contributed by atoms with van der Waals surface area (Å²) in [5.41, 5.74) is 1.83. The maximum Gasteiger partial charge on any atom is 0.307 e. The summed E-state index contributed by atoms with van der Waals surface area (Å²) in [5, 5.41) is 8.82. The van der Waals surface area contributed by atoms with E-state index in [1.165, 1.54) is 19.3 Å². The standard InChI is InChI=1S/C15H22O3/c1-2-3-4-7-10-18-12-14-9-6-5-8-13(14)11-15(16)17/h5-6,8-9H,2-4,7,10-12H2,1H3,(H,16,17). The van der Waals surface area contributed by atoms with E-state index >= 15 is 0 Å². The normalized spacial score (nSPS) is 10.5. The molecule has 0 unspecified atom stereocenters. The quantitative estimate of drug-likeness (QED) is 0.683. The Morgan fingerprint density at radius 3 is 2.56 bits per heavy atom. The minimum Gasteiger partial charge on any atom is -0.481 e. The van der Waals surface area contributed by atoms with Gasteiger partial charge < -0.3 is 9.84 Å². The molecule has 0 saturated carbocycles. The first kappa shape index (κ1) is 14.7. The molecule has 0 aromatic heterocycles. The van der Waals surface area contributed by atoms with E-state index in [0.29, 0.717) is 6.61 Å². The second-order valence-corrected chi connectivity index (χ2v) is 4.45. The van der Waals surface area contributed by atoms with Gasteiger partial charge in [-0.2, -0.15) is 0 Å². The van der Waals surface area contributed by atoms with Gasteiger partial charge in [-0.15, -0.1) is 0 Å². The van der Waals surface area contributed by atoms with Gasteiger partial charge in [0.05, 0.1) is 13.0 Å². The van der Waals surface area contributed by atoms with E-state index < -0.39 is 5.97 Å². The Labute approximate surface area is 109 Å². The van der Waals surface area contributed by atoms with Crippen LogP contribution in [0.25, 0.3) is 0 Å². The van der Waals surface area contributed by atoms with E-state index in [0.717, 1.165) is 24.2 Å². The SMILES string of the molecule is CCCCCCOCc1ccccc1CC(=O)O. The maximum atomic E-state index is 10.7. The highest BCUT2D eigenvalue weighted by molar-refractivity contribution is 5.70. The molecule has 0 fully saturated rings. The number of carboxylic acids is 1. The molecule has 0 aliphatic heterocycles. The van der Waals surface area contributed by atoms with Crippen LogP contribution in [-0.4, -0.2) is 17.7 Å². The summed E-state index contributed by atoms with van der Waals surface area (Å²) in [5.74, 6) is -0.801. The largest absolute Gasteiger partial charge is 0.481 e. The minimum atomic E-state index is -0.801. The van der Waals surface area contributed by atoms with Gasteiger partial charge in [0.25, 0.3) is 0 Å². The molecule has 0 aliphatic rings. The second-order valence-electron chi connectivity index (χ2n) is 4.45. The number of carboxylic acid groups (broad SMARTS) is 1. The number of ether oxygens (including phenoxy) is 1. The van der Waals surface area contributed by atoms with Gasteiger partial charge in [-0.25, -0.2) is 0 Å². The van der Waals surface area contributed by atoms with Gasteiger partial charge in [-0.3, -0.25) is 4.79 Å². The van der Waals surface area contributed by atoms with Crippen molar-refractivity contribution in [2.75, 3.05) is 6.61 Å². The topological polar surface area (TPSA) is 46.5 Å². The van der Waals surface area contributed by atoms with Gasteiger partial charge >= 0.3 is 5.97 Å². The van der Waals surface area contributed by atoms with Crippen LogP contribution >= 0.6 is 0 Å².